The number of rotatable bonds is 2. The smallest absolute Gasteiger partial charge is 0.251 e. The third-order valence-electron chi connectivity index (χ3n) is 1.93. The number of nitrogen functional groups attached to an aromatic ring is 1. The second kappa shape index (κ2) is 4.34. The Hall–Kier alpha value is -1.51. The second-order valence-corrected chi connectivity index (χ2v) is 4.87. The molecule has 0 saturated carbocycles. The summed E-state index contributed by atoms with van der Waals surface area (Å²) in [5.41, 5.74) is 6.91. The Morgan fingerprint density at radius 1 is 1.40 bits per heavy atom. The van der Waals surface area contributed by atoms with Crippen LogP contribution in [0.4, 0.5) is 5.69 Å². The van der Waals surface area contributed by atoms with Crippen molar-refractivity contribution in [1.82, 2.24) is 5.32 Å². The summed E-state index contributed by atoms with van der Waals surface area (Å²) in [6.45, 7) is 6.88. The van der Waals surface area contributed by atoms with Gasteiger partial charge in [-0.1, -0.05) is 26.8 Å². The molecule has 0 aliphatic carbocycles. The highest BCUT2D eigenvalue weighted by molar-refractivity contribution is 5.94. The molecule has 0 atom stereocenters. The molecule has 82 valence electrons. The Morgan fingerprint density at radius 3 is 2.60 bits per heavy atom. The highest BCUT2D eigenvalue weighted by Crippen LogP contribution is 2.11. The maximum absolute atomic E-state index is 11.7. The van der Waals surface area contributed by atoms with Crippen molar-refractivity contribution in [1.29, 1.82) is 0 Å². The Kier molecular flexibility index (Phi) is 3.35. The van der Waals surface area contributed by atoms with Gasteiger partial charge in [0.25, 0.3) is 5.91 Å². The summed E-state index contributed by atoms with van der Waals surface area (Å²) in [5, 5.41) is 2.87. The van der Waals surface area contributed by atoms with Crippen LogP contribution in [0.2, 0.25) is 0 Å². The molecule has 15 heavy (non-hydrogen) atoms. The topological polar surface area (TPSA) is 55.1 Å². The number of anilines is 1. The number of benzene rings is 1. The zero-order valence-corrected chi connectivity index (χ0v) is 9.50. The van der Waals surface area contributed by atoms with Crippen molar-refractivity contribution in [2.24, 2.45) is 5.41 Å². The molecule has 1 rings (SSSR count). The molecular weight excluding hydrogens is 188 g/mol. The summed E-state index contributed by atoms with van der Waals surface area (Å²) < 4.78 is 0. The summed E-state index contributed by atoms with van der Waals surface area (Å²) >= 11 is 0. The van der Waals surface area contributed by atoms with Gasteiger partial charge in [0.15, 0.2) is 0 Å². The monoisotopic (exact) mass is 206 g/mol. The molecule has 1 aromatic rings. The quantitative estimate of drug-likeness (QED) is 0.727. The van der Waals surface area contributed by atoms with Crippen LogP contribution in [-0.2, 0) is 0 Å². The summed E-state index contributed by atoms with van der Waals surface area (Å²) in [4.78, 5) is 11.7. The second-order valence-electron chi connectivity index (χ2n) is 4.87. The predicted octanol–water partition coefficient (Wildman–Crippen LogP) is 2.04. The van der Waals surface area contributed by atoms with Gasteiger partial charge in [-0.3, -0.25) is 4.79 Å². The van der Waals surface area contributed by atoms with E-state index in [2.05, 4.69) is 26.1 Å². The summed E-state index contributed by atoms with van der Waals surface area (Å²) in [6.07, 6.45) is 0. The molecule has 0 unspecified atom stereocenters. The average molecular weight is 206 g/mol. The fourth-order valence-electron chi connectivity index (χ4n) is 1.13. The van der Waals surface area contributed by atoms with Crippen molar-refractivity contribution < 1.29 is 4.79 Å². The molecule has 3 nitrogen and oxygen atoms in total. The van der Waals surface area contributed by atoms with E-state index in [4.69, 9.17) is 5.73 Å². The molecule has 0 fully saturated rings. The van der Waals surface area contributed by atoms with Crippen LogP contribution in [0.5, 0.6) is 0 Å². The fraction of sp³-hybridized carbons (Fsp3) is 0.417. The number of hydrogen-bond acceptors (Lipinski definition) is 2. The van der Waals surface area contributed by atoms with E-state index in [1.165, 1.54) is 0 Å². The van der Waals surface area contributed by atoms with E-state index in [9.17, 15) is 4.79 Å². The fourth-order valence-corrected chi connectivity index (χ4v) is 1.13. The minimum Gasteiger partial charge on any atom is -0.399 e. The van der Waals surface area contributed by atoms with Gasteiger partial charge >= 0.3 is 0 Å². The molecule has 1 amide bonds. The third kappa shape index (κ3) is 4.02. The lowest BCUT2D eigenvalue weighted by atomic mass is 9.97. The average Bonchev–Trinajstić information content (AvgIpc) is 2.13. The Morgan fingerprint density at radius 2 is 2.07 bits per heavy atom. The Balaban J connectivity index is 2.62. The van der Waals surface area contributed by atoms with E-state index in [0.717, 1.165) is 0 Å². The van der Waals surface area contributed by atoms with E-state index >= 15 is 0 Å². The molecule has 0 saturated heterocycles. The van der Waals surface area contributed by atoms with Crippen LogP contribution < -0.4 is 11.1 Å². The van der Waals surface area contributed by atoms with Gasteiger partial charge in [-0.25, -0.2) is 0 Å². The largest absolute Gasteiger partial charge is 0.399 e. The molecule has 0 aromatic heterocycles. The van der Waals surface area contributed by atoms with Gasteiger partial charge in [0.1, 0.15) is 0 Å². The molecule has 3 heteroatoms. The first kappa shape index (κ1) is 11.6. The number of carbonyl (C=O) groups excluding carboxylic acids is 1. The molecule has 0 bridgehead atoms. The zero-order valence-electron chi connectivity index (χ0n) is 9.50. The standard InChI is InChI=1S/C12H18N2O/c1-12(2,3)8-14-11(15)9-5-4-6-10(13)7-9/h4-7H,8,13H2,1-3H3,(H,14,15). The number of carbonyl (C=O) groups is 1. The lowest BCUT2D eigenvalue weighted by Gasteiger charge is -2.18. The van der Waals surface area contributed by atoms with Crippen LogP contribution in [0.1, 0.15) is 31.1 Å². The molecule has 0 spiro atoms. The zero-order chi connectivity index (χ0) is 11.5. The van der Waals surface area contributed by atoms with Crippen molar-refractivity contribution in [2.75, 3.05) is 12.3 Å². The SMILES string of the molecule is CC(C)(C)CNC(=O)c1cccc(N)c1. The van der Waals surface area contributed by atoms with Crippen LogP contribution in [0, 0.1) is 5.41 Å². The third-order valence-corrected chi connectivity index (χ3v) is 1.93. The van der Waals surface area contributed by atoms with E-state index in [1.807, 2.05) is 0 Å². The van der Waals surface area contributed by atoms with Crippen LogP contribution in [-0.4, -0.2) is 12.5 Å². The maximum Gasteiger partial charge on any atom is 0.251 e. The number of hydrogen-bond donors (Lipinski definition) is 2. The van der Waals surface area contributed by atoms with Crippen molar-refractivity contribution in [3.05, 3.63) is 29.8 Å². The van der Waals surface area contributed by atoms with Gasteiger partial charge in [0, 0.05) is 17.8 Å². The van der Waals surface area contributed by atoms with E-state index in [0.29, 0.717) is 17.8 Å². The van der Waals surface area contributed by atoms with Gasteiger partial charge < -0.3 is 11.1 Å². The van der Waals surface area contributed by atoms with E-state index in [-0.39, 0.29) is 11.3 Å². The van der Waals surface area contributed by atoms with Crippen LogP contribution in [0.25, 0.3) is 0 Å². The van der Waals surface area contributed by atoms with Crippen LogP contribution in [0.15, 0.2) is 24.3 Å². The van der Waals surface area contributed by atoms with Crippen molar-refractivity contribution >= 4 is 11.6 Å². The molecular formula is C12H18N2O. The number of nitrogens with two attached hydrogens (primary N) is 1. The van der Waals surface area contributed by atoms with Crippen LogP contribution >= 0.6 is 0 Å². The molecule has 0 aliphatic rings. The molecule has 0 aliphatic heterocycles. The Labute approximate surface area is 90.7 Å². The summed E-state index contributed by atoms with van der Waals surface area (Å²) in [6, 6.07) is 6.98. The number of amides is 1. The van der Waals surface area contributed by atoms with Crippen molar-refractivity contribution in [3.63, 3.8) is 0 Å². The lowest BCUT2D eigenvalue weighted by molar-refractivity contribution is 0.0939. The van der Waals surface area contributed by atoms with E-state index in [1.54, 1.807) is 24.3 Å². The van der Waals surface area contributed by atoms with Gasteiger partial charge in [0.2, 0.25) is 0 Å². The van der Waals surface area contributed by atoms with E-state index < -0.39 is 0 Å². The first-order valence-corrected chi connectivity index (χ1v) is 5.02. The highest BCUT2D eigenvalue weighted by Gasteiger charge is 2.12. The van der Waals surface area contributed by atoms with Gasteiger partial charge in [-0.05, 0) is 23.6 Å². The predicted molar refractivity (Wildman–Crippen MR) is 62.6 cm³/mol. The van der Waals surface area contributed by atoms with Crippen molar-refractivity contribution in [2.45, 2.75) is 20.8 Å². The molecule has 0 radical (unpaired) electrons. The summed E-state index contributed by atoms with van der Waals surface area (Å²) in [7, 11) is 0. The van der Waals surface area contributed by atoms with Gasteiger partial charge in [-0.2, -0.15) is 0 Å². The normalized spacial score (nSPS) is 11.1. The number of nitrogens with one attached hydrogen (secondary N) is 1. The molecule has 1 aromatic carbocycles. The van der Waals surface area contributed by atoms with Crippen molar-refractivity contribution in [3.8, 4) is 0 Å². The molecule has 3 N–H and O–H groups in total. The maximum atomic E-state index is 11.7. The first-order chi connectivity index (χ1) is 6.88. The Bertz CT molecular complexity index is 353. The molecule has 0 heterocycles. The summed E-state index contributed by atoms with van der Waals surface area (Å²) in [5.74, 6) is -0.0720. The lowest BCUT2D eigenvalue weighted by Crippen LogP contribution is -2.32. The van der Waals surface area contributed by atoms with Gasteiger partial charge in [-0.15, -0.1) is 0 Å². The minimum absolute atomic E-state index is 0.0720. The minimum atomic E-state index is -0.0720. The highest BCUT2D eigenvalue weighted by atomic mass is 16.1. The van der Waals surface area contributed by atoms with Gasteiger partial charge in [0.05, 0.1) is 0 Å². The van der Waals surface area contributed by atoms with Crippen LogP contribution in [0.3, 0.4) is 0 Å². The first-order valence-electron chi connectivity index (χ1n) is 5.02.